The van der Waals surface area contributed by atoms with Crippen LogP contribution in [0.3, 0.4) is 0 Å². The van der Waals surface area contributed by atoms with Crippen molar-refractivity contribution in [2.45, 2.75) is 77.7 Å². The van der Waals surface area contributed by atoms with Crippen LogP contribution in [0.2, 0.25) is 0 Å². The van der Waals surface area contributed by atoms with Crippen LogP contribution in [-0.4, -0.2) is 6.04 Å². The normalized spacial score (nSPS) is 36.2. The first kappa shape index (κ1) is 12.4. The summed E-state index contributed by atoms with van der Waals surface area (Å²) in [6, 6.07) is 0.472. The fourth-order valence-electron chi connectivity index (χ4n) is 4.25. The fourth-order valence-corrected chi connectivity index (χ4v) is 4.25. The van der Waals surface area contributed by atoms with Crippen LogP contribution in [0.4, 0.5) is 0 Å². The van der Waals surface area contributed by atoms with Crippen molar-refractivity contribution in [2.24, 2.45) is 23.0 Å². The lowest BCUT2D eigenvalue weighted by molar-refractivity contribution is 0.112. The molecule has 2 saturated carbocycles. The quantitative estimate of drug-likeness (QED) is 0.765. The summed E-state index contributed by atoms with van der Waals surface area (Å²) in [5.74, 6) is 1.74. The van der Waals surface area contributed by atoms with Gasteiger partial charge >= 0.3 is 0 Å². The second-order valence-electron chi connectivity index (χ2n) is 6.50. The van der Waals surface area contributed by atoms with E-state index in [1.54, 1.807) is 0 Å². The van der Waals surface area contributed by atoms with Crippen LogP contribution in [0.1, 0.15) is 71.6 Å². The van der Waals surface area contributed by atoms with E-state index in [1.807, 2.05) is 0 Å². The molecule has 1 heteroatoms. The smallest absolute Gasteiger partial charge is 0.0124 e. The lowest BCUT2D eigenvalue weighted by Crippen LogP contribution is -2.47. The molecule has 2 N–H and O–H groups in total. The molecule has 0 aromatic rings. The largest absolute Gasteiger partial charge is 0.327 e. The van der Waals surface area contributed by atoms with E-state index < -0.39 is 0 Å². The Labute approximate surface area is 101 Å². The van der Waals surface area contributed by atoms with E-state index in [4.69, 9.17) is 5.73 Å². The number of hydrogen-bond acceptors (Lipinski definition) is 1. The molecule has 2 aliphatic carbocycles. The van der Waals surface area contributed by atoms with Gasteiger partial charge in [-0.3, -0.25) is 0 Å². The van der Waals surface area contributed by atoms with E-state index >= 15 is 0 Å². The Hall–Kier alpha value is -0.0400. The SMILES string of the molecule is CCC1CCCCC1C(N)C1(C)CCCC1. The van der Waals surface area contributed by atoms with Gasteiger partial charge in [-0.05, 0) is 36.5 Å². The zero-order chi connectivity index (χ0) is 11.6. The molecule has 3 atom stereocenters. The predicted molar refractivity (Wildman–Crippen MR) is 70.3 cm³/mol. The minimum absolute atomic E-state index is 0.468. The molecule has 2 aliphatic rings. The van der Waals surface area contributed by atoms with E-state index in [9.17, 15) is 0 Å². The Morgan fingerprint density at radius 1 is 1.12 bits per heavy atom. The predicted octanol–water partition coefficient (Wildman–Crippen LogP) is 4.11. The second kappa shape index (κ2) is 5.08. The molecule has 0 aromatic heterocycles. The van der Waals surface area contributed by atoms with Crippen LogP contribution < -0.4 is 5.73 Å². The summed E-state index contributed by atoms with van der Waals surface area (Å²) in [6.07, 6.45) is 12.6. The van der Waals surface area contributed by atoms with E-state index in [0.717, 1.165) is 11.8 Å². The Balaban J connectivity index is 2.03. The van der Waals surface area contributed by atoms with Gasteiger partial charge in [-0.15, -0.1) is 0 Å². The van der Waals surface area contributed by atoms with Crippen molar-refractivity contribution in [1.82, 2.24) is 0 Å². The molecule has 94 valence electrons. The maximum Gasteiger partial charge on any atom is 0.0124 e. The molecule has 16 heavy (non-hydrogen) atoms. The first-order valence-electron chi connectivity index (χ1n) is 7.43. The van der Waals surface area contributed by atoms with E-state index in [0.29, 0.717) is 11.5 Å². The Morgan fingerprint density at radius 3 is 2.38 bits per heavy atom. The number of hydrogen-bond donors (Lipinski definition) is 1. The lowest BCUT2D eigenvalue weighted by Gasteiger charge is -2.42. The van der Waals surface area contributed by atoms with E-state index in [2.05, 4.69) is 13.8 Å². The highest BCUT2D eigenvalue weighted by atomic mass is 14.7. The number of rotatable bonds is 3. The van der Waals surface area contributed by atoms with Gasteiger partial charge < -0.3 is 5.73 Å². The van der Waals surface area contributed by atoms with Gasteiger partial charge in [0.1, 0.15) is 0 Å². The fraction of sp³-hybridized carbons (Fsp3) is 1.00. The molecule has 0 aliphatic heterocycles. The highest BCUT2D eigenvalue weighted by molar-refractivity contribution is 4.95. The van der Waals surface area contributed by atoms with Crippen LogP contribution in [-0.2, 0) is 0 Å². The molecule has 1 nitrogen and oxygen atoms in total. The molecule has 0 aromatic carbocycles. The van der Waals surface area contributed by atoms with Crippen molar-refractivity contribution >= 4 is 0 Å². The van der Waals surface area contributed by atoms with Crippen molar-refractivity contribution in [1.29, 1.82) is 0 Å². The highest BCUT2D eigenvalue weighted by Crippen LogP contribution is 2.46. The molecule has 2 rings (SSSR count). The van der Waals surface area contributed by atoms with Crippen molar-refractivity contribution in [3.63, 3.8) is 0 Å². The molecule has 0 heterocycles. The monoisotopic (exact) mass is 223 g/mol. The minimum atomic E-state index is 0.468. The summed E-state index contributed by atoms with van der Waals surface area (Å²) in [4.78, 5) is 0. The molecule has 3 unspecified atom stereocenters. The maximum atomic E-state index is 6.65. The van der Waals surface area contributed by atoms with Gasteiger partial charge in [0.25, 0.3) is 0 Å². The van der Waals surface area contributed by atoms with Gasteiger partial charge in [0.15, 0.2) is 0 Å². The van der Waals surface area contributed by atoms with Crippen LogP contribution in [0.5, 0.6) is 0 Å². The molecule has 0 saturated heterocycles. The summed E-state index contributed by atoms with van der Waals surface area (Å²) in [5.41, 5.74) is 7.12. The zero-order valence-electron chi connectivity index (χ0n) is 11.2. The second-order valence-corrected chi connectivity index (χ2v) is 6.50. The minimum Gasteiger partial charge on any atom is -0.327 e. The molecule has 2 fully saturated rings. The Kier molecular flexibility index (Phi) is 3.94. The van der Waals surface area contributed by atoms with Crippen LogP contribution in [0.25, 0.3) is 0 Å². The molecule has 0 radical (unpaired) electrons. The van der Waals surface area contributed by atoms with Gasteiger partial charge in [-0.25, -0.2) is 0 Å². The third-order valence-electron chi connectivity index (χ3n) is 5.50. The first-order chi connectivity index (χ1) is 7.67. The van der Waals surface area contributed by atoms with Crippen LogP contribution >= 0.6 is 0 Å². The summed E-state index contributed by atoms with van der Waals surface area (Å²) >= 11 is 0. The average Bonchev–Trinajstić information content (AvgIpc) is 2.76. The van der Waals surface area contributed by atoms with Crippen LogP contribution in [0, 0.1) is 17.3 Å². The maximum absolute atomic E-state index is 6.65. The van der Waals surface area contributed by atoms with Crippen LogP contribution in [0.15, 0.2) is 0 Å². The van der Waals surface area contributed by atoms with Gasteiger partial charge in [0, 0.05) is 6.04 Å². The van der Waals surface area contributed by atoms with Crippen molar-refractivity contribution in [2.75, 3.05) is 0 Å². The van der Waals surface area contributed by atoms with E-state index in [-0.39, 0.29) is 0 Å². The van der Waals surface area contributed by atoms with E-state index in [1.165, 1.54) is 57.8 Å². The van der Waals surface area contributed by atoms with Gasteiger partial charge in [-0.1, -0.05) is 52.4 Å². The highest BCUT2D eigenvalue weighted by Gasteiger charge is 2.41. The first-order valence-corrected chi connectivity index (χ1v) is 7.43. The summed E-state index contributed by atoms with van der Waals surface area (Å²) in [6.45, 7) is 4.80. The van der Waals surface area contributed by atoms with Gasteiger partial charge in [0.05, 0.1) is 0 Å². The molecule has 0 bridgehead atoms. The Morgan fingerprint density at radius 2 is 1.75 bits per heavy atom. The Bertz CT molecular complexity index is 217. The third-order valence-corrected chi connectivity index (χ3v) is 5.50. The zero-order valence-corrected chi connectivity index (χ0v) is 11.2. The average molecular weight is 223 g/mol. The van der Waals surface area contributed by atoms with Crippen molar-refractivity contribution in [3.8, 4) is 0 Å². The molecular weight excluding hydrogens is 194 g/mol. The third kappa shape index (κ3) is 2.30. The molecular formula is C15H29N. The molecule has 0 amide bonds. The van der Waals surface area contributed by atoms with Gasteiger partial charge in [0.2, 0.25) is 0 Å². The van der Waals surface area contributed by atoms with Crippen molar-refractivity contribution < 1.29 is 0 Å². The lowest BCUT2D eigenvalue weighted by atomic mass is 9.66. The summed E-state index contributed by atoms with van der Waals surface area (Å²) in [5, 5.41) is 0. The van der Waals surface area contributed by atoms with Crippen molar-refractivity contribution in [3.05, 3.63) is 0 Å². The standard InChI is InChI=1S/C15H29N/c1-3-12-8-4-5-9-13(12)14(16)15(2)10-6-7-11-15/h12-14H,3-11,16H2,1-2H3. The number of nitrogens with two attached hydrogens (primary N) is 1. The summed E-state index contributed by atoms with van der Waals surface area (Å²) < 4.78 is 0. The summed E-state index contributed by atoms with van der Waals surface area (Å²) in [7, 11) is 0. The molecule has 0 spiro atoms. The topological polar surface area (TPSA) is 26.0 Å². The van der Waals surface area contributed by atoms with Gasteiger partial charge in [-0.2, -0.15) is 0 Å².